The van der Waals surface area contributed by atoms with Crippen LogP contribution in [-0.4, -0.2) is 19.0 Å². The summed E-state index contributed by atoms with van der Waals surface area (Å²) in [5.74, 6) is 6.20. The van der Waals surface area contributed by atoms with E-state index in [1.165, 1.54) is 0 Å². The predicted octanol–water partition coefficient (Wildman–Crippen LogP) is 1.14. The smallest absolute Gasteiger partial charge is 0.224 e. The number of amides is 1. The topological polar surface area (TPSA) is 55.1 Å². The molecule has 0 spiro atoms. The third-order valence-electron chi connectivity index (χ3n) is 2.14. The number of rotatable bonds is 6. The van der Waals surface area contributed by atoms with Gasteiger partial charge in [-0.1, -0.05) is 13.8 Å². The Morgan fingerprint density at radius 1 is 1.47 bits per heavy atom. The molecule has 3 nitrogen and oxygen atoms in total. The maximum Gasteiger partial charge on any atom is 0.224 e. The Morgan fingerprint density at radius 3 is 2.60 bits per heavy atom. The minimum Gasteiger partial charge on any atom is -0.355 e. The van der Waals surface area contributed by atoms with Gasteiger partial charge in [0.15, 0.2) is 0 Å². The molecular formula is C12H22N2O. The quantitative estimate of drug-likeness (QED) is 0.510. The van der Waals surface area contributed by atoms with Crippen LogP contribution in [0.3, 0.4) is 0 Å². The minimum atomic E-state index is -0.0559. The van der Waals surface area contributed by atoms with Crippen LogP contribution in [0.25, 0.3) is 0 Å². The van der Waals surface area contributed by atoms with Gasteiger partial charge >= 0.3 is 0 Å². The summed E-state index contributed by atoms with van der Waals surface area (Å²) in [6.45, 7) is 7.03. The van der Waals surface area contributed by atoms with Crippen LogP contribution in [0, 0.1) is 23.7 Å². The van der Waals surface area contributed by atoms with Crippen molar-refractivity contribution in [1.29, 1.82) is 0 Å². The lowest BCUT2D eigenvalue weighted by molar-refractivity contribution is -0.125. The first-order chi connectivity index (χ1) is 7.11. The highest BCUT2D eigenvalue weighted by molar-refractivity contribution is 5.78. The molecule has 0 saturated heterocycles. The van der Waals surface area contributed by atoms with Crippen LogP contribution in [0.2, 0.25) is 0 Å². The predicted molar refractivity (Wildman–Crippen MR) is 63.1 cm³/mol. The zero-order valence-electron chi connectivity index (χ0n) is 9.97. The Bertz CT molecular complexity index is 238. The molecule has 0 saturated carbocycles. The van der Waals surface area contributed by atoms with Gasteiger partial charge in [-0.05, 0) is 19.3 Å². The first-order valence-corrected chi connectivity index (χ1v) is 5.49. The highest BCUT2D eigenvalue weighted by Crippen LogP contribution is 2.10. The van der Waals surface area contributed by atoms with Gasteiger partial charge in [0.2, 0.25) is 5.91 Å². The number of hydrogen-bond acceptors (Lipinski definition) is 2. The van der Waals surface area contributed by atoms with Gasteiger partial charge in [0, 0.05) is 19.5 Å². The molecule has 1 amide bonds. The normalized spacial score (nSPS) is 11.8. The van der Waals surface area contributed by atoms with Gasteiger partial charge in [-0.2, -0.15) is 0 Å². The van der Waals surface area contributed by atoms with Crippen LogP contribution in [0.4, 0.5) is 0 Å². The highest BCUT2D eigenvalue weighted by atomic mass is 16.1. The molecule has 15 heavy (non-hydrogen) atoms. The first kappa shape index (κ1) is 14.0. The van der Waals surface area contributed by atoms with Gasteiger partial charge in [0.05, 0.1) is 5.92 Å². The molecule has 1 atom stereocenters. The van der Waals surface area contributed by atoms with Crippen LogP contribution < -0.4 is 11.1 Å². The molecule has 0 aliphatic carbocycles. The summed E-state index contributed by atoms with van der Waals surface area (Å²) in [4.78, 5) is 11.6. The van der Waals surface area contributed by atoms with Gasteiger partial charge in [-0.15, -0.1) is 11.8 Å². The minimum absolute atomic E-state index is 0.0559. The second-order valence-electron chi connectivity index (χ2n) is 4.03. The maximum atomic E-state index is 11.6. The fourth-order valence-corrected chi connectivity index (χ4v) is 1.40. The van der Waals surface area contributed by atoms with Crippen molar-refractivity contribution in [3.05, 3.63) is 0 Å². The number of carbonyl (C=O) groups is 1. The summed E-state index contributed by atoms with van der Waals surface area (Å²) in [5, 5.41) is 2.85. The van der Waals surface area contributed by atoms with E-state index in [1.54, 1.807) is 6.92 Å². The third-order valence-corrected chi connectivity index (χ3v) is 2.14. The van der Waals surface area contributed by atoms with Crippen molar-refractivity contribution in [3.63, 3.8) is 0 Å². The van der Waals surface area contributed by atoms with Crippen molar-refractivity contribution in [3.8, 4) is 11.8 Å². The van der Waals surface area contributed by atoms with Crippen molar-refractivity contribution < 1.29 is 4.79 Å². The summed E-state index contributed by atoms with van der Waals surface area (Å²) in [7, 11) is 0. The van der Waals surface area contributed by atoms with E-state index in [4.69, 9.17) is 5.73 Å². The molecule has 0 bridgehead atoms. The van der Waals surface area contributed by atoms with E-state index in [2.05, 4.69) is 31.0 Å². The van der Waals surface area contributed by atoms with Crippen molar-refractivity contribution >= 4 is 5.91 Å². The van der Waals surface area contributed by atoms with E-state index in [-0.39, 0.29) is 11.8 Å². The molecule has 0 rings (SSSR count). The molecule has 3 heteroatoms. The van der Waals surface area contributed by atoms with Crippen molar-refractivity contribution in [2.24, 2.45) is 17.6 Å². The summed E-state index contributed by atoms with van der Waals surface area (Å²) in [6, 6.07) is 0. The van der Waals surface area contributed by atoms with Crippen LogP contribution in [0.15, 0.2) is 0 Å². The van der Waals surface area contributed by atoms with E-state index >= 15 is 0 Å². The summed E-state index contributed by atoms with van der Waals surface area (Å²) < 4.78 is 0. The zero-order chi connectivity index (χ0) is 11.7. The SMILES string of the molecule is CC#CCCNC(=O)C(CN)CC(C)C. The lowest BCUT2D eigenvalue weighted by Crippen LogP contribution is -2.36. The van der Waals surface area contributed by atoms with Crippen LogP contribution in [0.1, 0.15) is 33.6 Å². The average molecular weight is 210 g/mol. The Kier molecular flexibility index (Phi) is 7.75. The molecule has 0 aromatic carbocycles. The summed E-state index contributed by atoms with van der Waals surface area (Å²) in [5.41, 5.74) is 5.56. The number of nitrogens with two attached hydrogens (primary N) is 1. The molecule has 86 valence electrons. The van der Waals surface area contributed by atoms with Crippen LogP contribution in [0.5, 0.6) is 0 Å². The lowest BCUT2D eigenvalue weighted by atomic mass is 9.96. The van der Waals surface area contributed by atoms with Gasteiger partial charge < -0.3 is 11.1 Å². The highest BCUT2D eigenvalue weighted by Gasteiger charge is 2.17. The molecule has 0 fully saturated rings. The van der Waals surface area contributed by atoms with E-state index in [1.807, 2.05) is 0 Å². The fourth-order valence-electron chi connectivity index (χ4n) is 1.40. The van der Waals surface area contributed by atoms with Crippen LogP contribution >= 0.6 is 0 Å². The Morgan fingerprint density at radius 2 is 2.13 bits per heavy atom. The molecule has 1 unspecified atom stereocenters. The lowest BCUT2D eigenvalue weighted by Gasteiger charge is -2.16. The molecule has 0 aromatic rings. The van der Waals surface area contributed by atoms with Gasteiger partial charge in [-0.25, -0.2) is 0 Å². The van der Waals surface area contributed by atoms with Crippen LogP contribution in [-0.2, 0) is 4.79 Å². The monoisotopic (exact) mass is 210 g/mol. The molecular weight excluding hydrogens is 188 g/mol. The number of hydrogen-bond donors (Lipinski definition) is 2. The Balaban J connectivity index is 3.86. The van der Waals surface area contributed by atoms with E-state index < -0.39 is 0 Å². The molecule has 0 radical (unpaired) electrons. The molecule has 0 aliphatic rings. The average Bonchev–Trinajstić information content (AvgIpc) is 2.20. The molecule has 0 aromatic heterocycles. The van der Waals surface area contributed by atoms with Crippen molar-refractivity contribution in [2.75, 3.05) is 13.1 Å². The molecule has 0 heterocycles. The van der Waals surface area contributed by atoms with E-state index in [0.717, 1.165) is 6.42 Å². The van der Waals surface area contributed by atoms with E-state index in [9.17, 15) is 4.79 Å². The zero-order valence-corrected chi connectivity index (χ0v) is 9.97. The van der Waals surface area contributed by atoms with Crippen molar-refractivity contribution in [1.82, 2.24) is 5.32 Å². The van der Waals surface area contributed by atoms with Gasteiger partial charge in [0.25, 0.3) is 0 Å². The number of nitrogens with one attached hydrogen (secondary N) is 1. The fraction of sp³-hybridized carbons (Fsp3) is 0.750. The second-order valence-corrected chi connectivity index (χ2v) is 4.03. The standard InChI is InChI=1S/C12H22N2O/c1-4-5-6-7-14-12(15)11(9-13)8-10(2)3/h10-11H,6-9,13H2,1-3H3,(H,14,15). The Labute approximate surface area is 92.8 Å². The van der Waals surface area contributed by atoms with Gasteiger partial charge in [-0.3, -0.25) is 4.79 Å². The molecule has 0 aliphatic heterocycles. The number of carbonyl (C=O) groups excluding carboxylic acids is 1. The van der Waals surface area contributed by atoms with E-state index in [0.29, 0.717) is 25.4 Å². The maximum absolute atomic E-state index is 11.6. The summed E-state index contributed by atoms with van der Waals surface area (Å²) >= 11 is 0. The first-order valence-electron chi connectivity index (χ1n) is 5.49. The van der Waals surface area contributed by atoms with Gasteiger partial charge in [0.1, 0.15) is 0 Å². The molecule has 3 N–H and O–H groups in total. The van der Waals surface area contributed by atoms with Crippen molar-refractivity contribution in [2.45, 2.75) is 33.6 Å². The summed E-state index contributed by atoms with van der Waals surface area (Å²) in [6.07, 6.45) is 1.56. The second kappa shape index (κ2) is 8.31. The third kappa shape index (κ3) is 6.98. The largest absolute Gasteiger partial charge is 0.355 e. The Hall–Kier alpha value is -1.01.